The lowest BCUT2D eigenvalue weighted by atomic mass is 9.80. The first kappa shape index (κ1) is 13.4. The molecular formula is C15H29NO. The predicted molar refractivity (Wildman–Crippen MR) is 71.9 cm³/mol. The Balaban J connectivity index is 1.71. The molecule has 0 bridgehead atoms. The minimum atomic E-state index is 0.554. The van der Waals surface area contributed by atoms with Crippen LogP contribution in [-0.2, 0) is 4.74 Å². The van der Waals surface area contributed by atoms with Crippen molar-refractivity contribution in [3.63, 3.8) is 0 Å². The largest absolute Gasteiger partial charge is 0.378 e. The quantitative estimate of drug-likeness (QED) is 0.762. The Labute approximate surface area is 106 Å². The van der Waals surface area contributed by atoms with E-state index >= 15 is 0 Å². The summed E-state index contributed by atoms with van der Waals surface area (Å²) < 4.78 is 6.18. The summed E-state index contributed by atoms with van der Waals surface area (Å²) in [4.78, 5) is 0. The Morgan fingerprint density at radius 1 is 0.765 bits per heavy atom. The first-order valence-corrected chi connectivity index (χ1v) is 7.72. The molecule has 2 aliphatic rings. The SMILES string of the molecule is NCC1CCCCC1COC1CCCCCC1. The van der Waals surface area contributed by atoms with Gasteiger partial charge in [-0.05, 0) is 44.1 Å². The summed E-state index contributed by atoms with van der Waals surface area (Å²) in [5.74, 6) is 1.48. The highest BCUT2D eigenvalue weighted by Crippen LogP contribution is 2.30. The summed E-state index contributed by atoms with van der Waals surface area (Å²) in [6.45, 7) is 1.84. The first-order chi connectivity index (χ1) is 8.40. The average molecular weight is 239 g/mol. The van der Waals surface area contributed by atoms with Crippen LogP contribution in [0.3, 0.4) is 0 Å². The molecule has 0 spiro atoms. The van der Waals surface area contributed by atoms with E-state index in [0.717, 1.165) is 25.0 Å². The fourth-order valence-corrected chi connectivity index (χ4v) is 3.48. The molecule has 2 saturated carbocycles. The van der Waals surface area contributed by atoms with Gasteiger partial charge in [0.2, 0.25) is 0 Å². The molecule has 0 heterocycles. The van der Waals surface area contributed by atoms with E-state index in [0.29, 0.717) is 6.10 Å². The van der Waals surface area contributed by atoms with E-state index in [4.69, 9.17) is 10.5 Å². The van der Waals surface area contributed by atoms with E-state index in [9.17, 15) is 0 Å². The summed E-state index contributed by atoms with van der Waals surface area (Å²) in [5.41, 5.74) is 5.87. The van der Waals surface area contributed by atoms with E-state index in [1.807, 2.05) is 0 Å². The van der Waals surface area contributed by atoms with Crippen LogP contribution in [0.25, 0.3) is 0 Å². The second-order valence-electron chi connectivity index (χ2n) is 5.99. The second-order valence-corrected chi connectivity index (χ2v) is 5.99. The summed E-state index contributed by atoms with van der Waals surface area (Å²) in [7, 11) is 0. The van der Waals surface area contributed by atoms with Crippen LogP contribution in [-0.4, -0.2) is 19.3 Å². The van der Waals surface area contributed by atoms with Gasteiger partial charge in [0.15, 0.2) is 0 Å². The summed E-state index contributed by atoms with van der Waals surface area (Å²) >= 11 is 0. The molecule has 2 rings (SSSR count). The third kappa shape index (κ3) is 4.26. The fraction of sp³-hybridized carbons (Fsp3) is 1.00. The van der Waals surface area contributed by atoms with Crippen molar-refractivity contribution in [3.05, 3.63) is 0 Å². The molecule has 17 heavy (non-hydrogen) atoms. The van der Waals surface area contributed by atoms with Gasteiger partial charge in [0.25, 0.3) is 0 Å². The number of ether oxygens (including phenoxy) is 1. The molecule has 2 N–H and O–H groups in total. The van der Waals surface area contributed by atoms with Crippen LogP contribution >= 0.6 is 0 Å². The zero-order valence-electron chi connectivity index (χ0n) is 11.2. The molecule has 0 aromatic carbocycles. The summed E-state index contributed by atoms with van der Waals surface area (Å²) in [6.07, 6.45) is 14.1. The van der Waals surface area contributed by atoms with Gasteiger partial charge in [0.05, 0.1) is 12.7 Å². The van der Waals surface area contributed by atoms with Crippen LogP contribution in [0, 0.1) is 11.8 Å². The van der Waals surface area contributed by atoms with Crippen molar-refractivity contribution in [1.29, 1.82) is 0 Å². The Morgan fingerprint density at radius 2 is 1.35 bits per heavy atom. The molecule has 0 amide bonds. The summed E-state index contributed by atoms with van der Waals surface area (Å²) in [5, 5.41) is 0. The molecule has 0 aromatic heterocycles. The van der Waals surface area contributed by atoms with Crippen LogP contribution in [0.2, 0.25) is 0 Å². The van der Waals surface area contributed by atoms with Crippen molar-refractivity contribution in [2.75, 3.05) is 13.2 Å². The third-order valence-corrected chi connectivity index (χ3v) is 4.72. The van der Waals surface area contributed by atoms with Crippen LogP contribution in [0.4, 0.5) is 0 Å². The van der Waals surface area contributed by atoms with Crippen molar-refractivity contribution in [2.45, 2.75) is 70.3 Å². The molecule has 2 heteroatoms. The van der Waals surface area contributed by atoms with Gasteiger partial charge in [0, 0.05) is 0 Å². The molecule has 2 atom stereocenters. The van der Waals surface area contributed by atoms with Gasteiger partial charge in [-0.2, -0.15) is 0 Å². The Kier molecular flexibility index (Phi) is 5.79. The third-order valence-electron chi connectivity index (χ3n) is 4.72. The molecule has 0 aliphatic heterocycles. The minimum absolute atomic E-state index is 0.554. The fourth-order valence-electron chi connectivity index (χ4n) is 3.48. The highest BCUT2D eigenvalue weighted by atomic mass is 16.5. The Morgan fingerprint density at radius 3 is 2.00 bits per heavy atom. The van der Waals surface area contributed by atoms with Gasteiger partial charge < -0.3 is 10.5 Å². The zero-order valence-corrected chi connectivity index (χ0v) is 11.2. The maximum atomic E-state index is 6.18. The van der Waals surface area contributed by atoms with E-state index in [-0.39, 0.29) is 0 Å². The second kappa shape index (κ2) is 7.38. The van der Waals surface area contributed by atoms with E-state index in [2.05, 4.69) is 0 Å². The van der Waals surface area contributed by atoms with Gasteiger partial charge in [-0.25, -0.2) is 0 Å². The van der Waals surface area contributed by atoms with Crippen LogP contribution in [0.1, 0.15) is 64.2 Å². The number of nitrogens with two attached hydrogens (primary N) is 1. The monoisotopic (exact) mass is 239 g/mol. The smallest absolute Gasteiger partial charge is 0.0575 e. The maximum absolute atomic E-state index is 6.18. The summed E-state index contributed by atoms with van der Waals surface area (Å²) in [6, 6.07) is 0. The van der Waals surface area contributed by atoms with E-state index in [1.54, 1.807) is 0 Å². The Bertz CT molecular complexity index is 199. The lowest BCUT2D eigenvalue weighted by molar-refractivity contribution is -0.000853. The lowest BCUT2D eigenvalue weighted by Gasteiger charge is -2.31. The standard InChI is InChI=1S/C15H29NO/c16-11-13-7-5-6-8-14(13)12-17-15-9-3-1-2-4-10-15/h13-15H,1-12,16H2. The topological polar surface area (TPSA) is 35.2 Å². The Hall–Kier alpha value is -0.0800. The van der Waals surface area contributed by atoms with Crippen molar-refractivity contribution in [3.8, 4) is 0 Å². The zero-order chi connectivity index (χ0) is 11.9. The molecule has 100 valence electrons. The highest BCUT2D eigenvalue weighted by molar-refractivity contribution is 4.76. The molecular weight excluding hydrogens is 210 g/mol. The van der Waals surface area contributed by atoms with E-state index < -0.39 is 0 Å². The average Bonchev–Trinajstić information content (AvgIpc) is 2.65. The van der Waals surface area contributed by atoms with E-state index in [1.165, 1.54) is 64.2 Å². The molecule has 2 fully saturated rings. The first-order valence-electron chi connectivity index (χ1n) is 7.72. The molecule has 0 radical (unpaired) electrons. The number of hydrogen-bond acceptors (Lipinski definition) is 2. The van der Waals surface area contributed by atoms with Crippen LogP contribution < -0.4 is 5.73 Å². The van der Waals surface area contributed by atoms with Crippen LogP contribution in [0.5, 0.6) is 0 Å². The normalized spacial score (nSPS) is 32.3. The molecule has 2 unspecified atom stereocenters. The lowest BCUT2D eigenvalue weighted by Crippen LogP contribution is -2.31. The van der Waals surface area contributed by atoms with Gasteiger partial charge in [0.1, 0.15) is 0 Å². The molecule has 0 saturated heterocycles. The molecule has 2 nitrogen and oxygen atoms in total. The predicted octanol–water partition coefficient (Wildman–Crippen LogP) is 3.49. The van der Waals surface area contributed by atoms with Gasteiger partial charge in [-0.15, -0.1) is 0 Å². The van der Waals surface area contributed by atoms with Gasteiger partial charge >= 0.3 is 0 Å². The maximum Gasteiger partial charge on any atom is 0.0575 e. The number of hydrogen-bond donors (Lipinski definition) is 1. The van der Waals surface area contributed by atoms with Gasteiger partial charge in [-0.3, -0.25) is 0 Å². The number of rotatable bonds is 4. The highest BCUT2D eigenvalue weighted by Gasteiger charge is 2.25. The van der Waals surface area contributed by atoms with Crippen molar-refractivity contribution < 1.29 is 4.74 Å². The minimum Gasteiger partial charge on any atom is -0.378 e. The van der Waals surface area contributed by atoms with Crippen molar-refractivity contribution >= 4 is 0 Å². The van der Waals surface area contributed by atoms with Crippen molar-refractivity contribution in [2.24, 2.45) is 17.6 Å². The molecule has 2 aliphatic carbocycles. The van der Waals surface area contributed by atoms with Crippen LogP contribution in [0.15, 0.2) is 0 Å². The van der Waals surface area contributed by atoms with Gasteiger partial charge in [-0.1, -0.05) is 38.5 Å². The molecule has 0 aromatic rings. The van der Waals surface area contributed by atoms with Crippen molar-refractivity contribution in [1.82, 2.24) is 0 Å².